The maximum atomic E-state index is 12.8. The standard InChI is InChI=1S/C27H28F3NO4/c1-6-33-25(32)26(4,5)35-24-15-22(13-7-17(24)2)34-16-20-10-14-23(31-18(20)3)19-8-11-21(12-9-19)27(28,29)30/h7-15H,6,16H2,1-5H3. The minimum atomic E-state index is -4.38. The predicted octanol–water partition coefficient (Wildman–Crippen LogP) is 6.68. The summed E-state index contributed by atoms with van der Waals surface area (Å²) in [4.78, 5) is 16.7. The van der Waals surface area contributed by atoms with Gasteiger partial charge in [-0.15, -0.1) is 0 Å². The molecule has 2 aromatic carbocycles. The fourth-order valence-corrected chi connectivity index (χ4v) is 3.30. The van der Waals surface area contributed by atoms with Gasteiger partial charge in [-0.2, -0.15) is 13.2 Å². The van der Waals surface area contributed by atoms with Crippen LogP contribution in [0.4, 0.5) is 13.2 Å². The average molecular weight is 488 g/mol. The molecule has 0 N–H and O–H groups in total. The van der Waals surface area contributed by atoms with Gasteiger partial charge in [-0.25, -0.2) is 4.79 Å². The van der Waals surface area contributed by atoms with Crippen molar-refractivity contribution in [1.82, 2.24) is 4.98 Å². The van der Waals surface area contributed by atoms with Gasteiger partial charge in [0.05, 0.1) is 17.9 Å². The van der Waals surface area contributed by atoms with Crippen LogP contribution in [0, 0.1) is 13.8 Å². The van der Waals surface area contributed by atoms with E-state index in [9.17, 15) is 18.0 Å². The second-order valence-electron chi connectivity index (χ2n) is 8.56. The molecule has 5 nitrogen and oxygen atoms in total. The van der Waals surface area contributed by atoms with Gasteiger partial charge in [0.25, 0.3) is 0 Å². The Labute approximate surface area is 202 Å². The highest BCUT2D eigenvalue weighted by atomic mass is 19.4. The summed E-state index contributed by atoms with van der Waals surface area (Å²) in [6.45, 7) is 9.21. The lowest BCUT2D eigenvalue weighted by atomic mass is 10.1. The summed E-state index contributed by atoms with van der Waals surface area (Å²) in [5.74, 6) is 0.602. The highest BCUT2D eigenvalue weighted by molar-refractivity contribution is 5.79. The van der Waals surface area contributed by atoms with Crippen molar-refractivity contribution in [2.45, 2.75) is 53.0 Å². The van der Waals surface area contributed by atoms with Crippen molar-refractivity contribution in [3.63, 3.8) is 0 Å². The largest absolute Gasteiger partial charge is 0.489 e. The van der Waals surface area contributed by atoms with E-state index in [2.05, 4.69) is 4.98 Å². The van der Waals surface area contributed by atoms with E-state index >= 15 is 0 Å². The molecule has 186 valence electrons. The molecule has 8 heteroatoms. The van der Waals surface area contributed by atoms with Crippen LogP contribution in [0.3, 0.4) is 0 Å². The molecule has 0 fully saturated rings. The second kappa shape index (κ2) is 10.4. The molecule has 0 unspecified atom stereocenters. The van der Waals surface area contributed by atoms with Crippen LogP contribution in [0.25, 0.3) is 11.3 Å². The second-order valence-corrected chi connectivity index (χ2v) is 8.56. The molecule has 0 atom stereocenters. The maximum absolute atomic E-state index is 12.8. The van der Waals surface area contributed by atoms with E-state index in [0.29, 0.717) is 28.5 Å². The predicted molar refractivity (Wildman–Crippen MR) is 126 cm³/mol. The normalized spacial score (nSPS) is 11.8. The lowest BCUT2D eigenvalue weighted by molar-refractivity contribution is -0.158. The molecule has 0 saturated carbocycles. The topological polar surface area (TPSA) is 57.7 Å². The van der Waals surface area contributed by atoms with Crippen LogP contribution >= 0.6 is 0 Å². The summed E-state index contributed by atoms with van der Waals surface area (Å²) >= 11 is 0. The quantitative estimate of drug-likeness (QED) is 0.332. The molecule has 0 amide bonds. The summed E-state index contributed by atoms with van der Waals surface area (Å²) in [5, 5.41) is 0. The number of aryl methyl sites for hydroxylation is 2. The van der Waals surface area contributed by atoms with Gasteiger partial charge in [0.15, 0.2) is 5.60 Å². The molecule has 0 aliphatic rings. The molecule has 0 saturated heterocycles. The number of carbonyl (C=O) groups excluding carboxylic acids is 1. The van der Waals surface area contributed by atoms with Gasteiger partial charge in [0.1, 0.15) is 18.1 Å². The zero-order valence-electron chi connectivity index (χ0n) is 20.3. The van der Waals surface area contributed by atoms with Gasteiger partial charge in [0.2, 0.25) is 0 Å². The van der Waals surface area contributed by atoms with Crippen molar-refractivity contribution in [2.75, 3.05) is 6.61 Å². The Balaban J connectivity index is 1.71. The number of halogens is 3. The van der Waals surface area contributed by atoms with Crippen LogP contribution in [0.1, 0.15) is 43.2 Å². The Kier molecular flexibility index (Phi) is 7.73. The SMILES string of the molecule is CCOC(=O)C(C)(C)Oc1cc(OCc2ccc(-c3ccc(C(F)(F)F)cc3)nc2C)ccc1C. The first-order valence-corrected chi connectivity index (χ1v) is 11.1. The van der Waals surface area contributed by atoms with Crippen LogP contribution in [-0.2, 0) is 22.3 Å². The average Bonchev–Trinajstić information content (AvgIpc) is 2.79. The van der Waals surface area contributed by atoms with Gasteiger partial charge in [-0.3, -0.25) is 4.98 Å². The molecule has 0 radical (unpaired) electrons. The van der Waals surface area contributed by atoms with E-state index in [1.807, 2.05) is 26.0 Å². The van der Waals surface area contributed by atoms with E-state index in [0.717, 1.165) is 23.3 Å². The maximum Gasteiger partial charge on any atom is 0.416 e. The molecule has 0 aliphatic heterocycles. The monoisotopic (exact) mass is 487 g/mol. The molecule has 3 rings (SSSR count). The summed E-state index contributed by atoms with van der Waals surface area (Å²) in [7, 11) is 0. The van der Waals surface area contributed by atoms with Crippen LogP contribution in [-0.4, -0.2) is 23.2 Å². The van der Waals surface area contributed by atoms with E-state index in [1.165, 1.54) is 12.1 Å². The summed E-state index contributed by atoms with van der Waals surface area (Å²) in [5.41, 5.74) is 1.69. The Morgan fingerprint density at radius 2 is 1.66 bits per heavy atom. The van der Waals surface area contributed by atoms with Crippen LogP contribution in [0.2, 0.25) is 0 Å². The first-order chi connectivity index (χ1) is 16.4. The molecule has 0 aliphatic carbocycles. The third-order valence-corrected chi connectivity index (χ3v) is 5.39. The zero-order valence-corrected chi connectivity index (χ0v) is 20.3. The number of hydrogen-bond donors (Lipinski definition) is 0. The molecular formula is C27H28F3NO4. The van der Waals surface area contributed by atoms with E-state index in [-0.39, 0.29) is 13.2 Å². The Morgan fingerprint density at radius 1 is 0.971 bits per heavy atom. The number of pyridine rings is 1. The Hall–Kier alpha value is -3.55. The molecule has 0 bridgehead atoms. The number of rotatable bonds is 8. The number of benzene rings is 2. The van der Waals surface area contributed by atoms with Crippen molar-refractivity contribution in [3.8, 4) is 22.8 Å². The number of aromatic nitrogens is 1. The van der Waals surface area contributed by atoms with Crippen molar-refractivity contribution in [3.05, 3.63) is 77.0 Å². The summed E-state index contributed by atoms with van der Waals surface area (Å²) < 4.78 is 55.3. The number of carbonyl (C=O) groups is 1. The van der Waals surface area contributed by atoms with Gasteiger partial charge in [0, 0.05) is 22.9 Å². The molecule has 1 heterocycles. The number of ether oxygens (including phenoxy) is 3. The molecule has 0 spiro atoms. The van der Waals surface area contributed by atoms with Crippen molar-refractivity contribution >= 4 is 5.97 Å². The Morgan fingerprint density at radius 3 is 2.26 bits per heavy atom. The van der Waals surface area contributed by atoms with Gasteiger partial charge < -0.3 is 14.2 Å². The lowest BCUT2D eigenvalue weighted by Crippen LogP contribution is -2.39. The fourth-order valence-electron chi connectivity index (χ4n) is 3.30. The van der Waals surface area contributed by atoms with E-state index in [4.69, 9.17) is 14.2 Å². The van der Waals surface area contributed by atoms with Crippen molar-refractivity contribution in [1.29, 1.82) is 0 Å². The number of esters is 1. The summed E-state index contributed by atoms with van der Waals surface area (Å²) in [6.07, 6.45) is -4.38. The molecule has 1 aromatic heterocycles. The number of nitrogens with zero attached hydrogens (tertiary/aromatic N) is 1. The third-order valence-electron chi connectivity index (χ3n) is 5.39. The highest BCUT2D eigenvalue weighted by Gasteiger charge is 2.32. The molecule has 3 aromatic rings. The van der Waals surface area contributed by atoms with Crippen LogP contribution < -0.4 is 9.47 Å². The third kappa shape index (κ3) is 6.53. The summed E-state index contributed by atoms with van der Waals surface area (Å²) in [6, 6.07) is 13.9. The fraction of sp³-hybridized carbons (Fsp3) is 0.333. The zero-order chi connectivity index (χ0) is 25.8. The van der Waals surface area contributed by atoms with Gasteiger partial charge in [-0.1, -0.05) is 24.3 Å². The Bertz CT molecular complexity index is 1190. The first kappa shape index (κ1) is 26.1. The number of hydrogen-bond acceptors (Lipinski definition) is 5. The van der Waals surface area contributed by atoms with Gasteiger partial charge in [-0.05, 0) is 64.4 Å². The smallest absolute Gasteiger partial charge is 0.416 e. The van der Waals surface area contributed by atoms with Crippen molar-refractivity contribution < 1.29 is 32.2 Å². The number of alkyl halides is 3. The first-order valence-electron chi connectivity index (χ1n) is 11.1. The highest BCUT2D eigenvalue weighted by Crippen LogP contribution is 2.31. The van der Waals surface area contributed by atoms with E-state index in [1.54, 1.807) is 39.0 Å². The van der Waals surface area contributed by atoms with Gasteiger partial charge >= 0.3 is 12.1 Å². The molecule has 35 heavy (non-hydrogen) atoms. The lowest BCUT2D eigenvalue weighted by Gasteiger charge is -2.25. The van der Waals surface area contributed by atoms with E-state index < -0.39 is 23.3 Å². The minimum absolute atomic E-state index is 0.232. The van der Waals surface area contributed by atoms with Crippen molar-refractivity contribution in [2.24, 2.45) is 0 Å². The van der Waals surface area contributed by atoms with Crippen LogP contribution in [0.15, 0.2) is 54.6 Å². The van der Waals surface area contributed by atoms with Crippen LogP contribution in [0.5, 0.6) is 11.5 Å². The molecular weight excluding hydrogens is 459 g/mol. The minimum Gasteiger partial charge on any atom is -0.489 e.